The molecule has 0 radical (unpaired) electrons. The third-order valence-corrected chi connectivity index (χ3v) is 5.01. The highest BCUT2D eigenvalue weighted by molar-refractivity contribution is 7.98. The number of thioether (sulfide) groups is 1. The zero-order valence-corrected chi connectivity index (χ0v) is 16.2. The van der Waals surface area contributed by atoms with E-state index in [0.29, 0.717) is 22.5 Å². The summed E-state index contributed by atoms with van der Waals surface area (Å²) < 4.78 is 25.9. The first-order chi connectivity index (χ1) is 13.0. The van der Waals surface area contributed by atoms with Crippen molar-refractivity contribution in [3.63, 3.8) is 0 Å². The number of benzene rings is 2. The summed E-state index contributed by atoms with van der Waals surface area (Å²) in [6.45, 7) is 4.23. The molecule has 142 valence electrons. The van der Waals surface area contributed by atoms with Crippen LogP contribution < -0.4 is 15.3 Å². The van der Waals surface area contributed by atoms with E-state index in [9.17, 15) is 4.39 Å². The number of hydrogen-bond acceptors (Lipinski definition) is 6. The number of ether oxygens (including phenoxy) is 2. The predicted molar refractivity (Wildman–Crippen MR) is 103 cm³/mol. The zero-order valence-electron chi connectivity index (χ0n) is 15.4. The van der Waals surface area contributed by atoms with E-state index in [2.05, 4.69) is 16.3 Å². The van der Waals surface area contributed by atoms with Crippen LogP contribution in [0.1, 0.15) is 22.5 Å². The Morgan fingerprint density at radius 3 is 2.63 bits per heavy atom. The van der Waals surface area contributed by atoms with Crippen molar-refractivity contribution < 1.29 is 13.9 Å². The van der Waals surface area contributed by atoms with E-state index >= 15 is 0 Å². The Morgan fingerprint density at radius 2 is 1.89 bits per heavy atom. The molecule has 2 aromatic carbocycles. The summed E-state index contributed by atoms with van der Waals surface area (Å²) in [7, 11) is 1.55. The van der Waals surface area contributed by atoms with Gasteiger partial charge >= 0.3 is 0 Å². The fraction of sp³-hybridized carbons (Fsp3) is 0.263. The van der Waals surface area contributed by atoms with Crippen LogP contribution in [0.2, 0.25) is 0 Å². The summed E-state index contributed by atoms with van der Waals surface area (Å²) >= 11 is 1.35. The standard InChI is InChI=1S/C19H21FN4O2S/c1-12-4-6-16(13(2)8-12)26-10-18-22-23-19(24(18)21)27-11-14-9-15(20)5-7-17(14)25-3/h4-9H,10-11,21H2,1-3H3. The van der Waals surface area contributed by atoms with Crippen LogP contribution in [0.25, 0.3) is 0 Å². The van der Waals surface area contributed by atoms with Gasteiger partial charge in [-0.1, -0.05) is 29.5 Å². The van der Waals surface area contributed by atoms with Gasteiger partial charge in [0.15, 0.2) is 5.82 Å². The second kappa shape index (κ2) is 8.30. The number of rotatable bonds is 7. The summed E-state index contributed by atoms with van der Waals surface area (Å²) in [5, 5.41) is 8.70. The number of aromatic nitrogens is 3. The topological polar surface area (TPSA) is 75.2 Å². The lowest BCUT2D eigenvalue weighted by molar-refractivity contribution is 0.289. The van der Waals surface area contributed by atoms with E-state index in [-0.39, 0.29) is 12.4 Å². The Labute approximate surface area is 161 Å². The SMILES string of the molecule is COc1ccc(F)cc1CSc1nnc(COc2ccc(C)cc2C)n1N. The summed E-state index contributed by atoms with van der Waals surface area (Å²) in [6, 6.07) is 10.4. The van der Waals surface area contributed by atoms with Crippen LogP contribution in [-0.2, 0) is 12.4 Å². The van der Waals surface area contributed by atoms with E-state index in [4.69, 9.17) is 15.3 Å². The molecule has 1 heterocycles. The van der Waals surface area contributed by atoms with Crippen LogP contribution in [0.5, 0.6) is 11.5 Å². The van der Waals surface area contributed by atoms with Crippen LogP contribution >= 0.6 is 11.8 Å². The van der Waals surface area contributed by atoms with Gasteiger partial charge in [0, 0.05) is 11.3 Å². The van der Waals surface area contributed by atoms with Gasteiger partial charge in [0.05, 0.1) is 7.11 Å². The summed E-state index contributed by atoms with van der Waals surface area (Å²) in [4.78, 5) is 0. The first-order valence-corrected chi connectivity index (χ1v) is 9.31. The van der Waals surface area contributed by atoms with Gasteiger partial charge in [0.1, 0.15) is 23.9 Å². The minimum absolute atomic E-state index is 0.206. The van der Waals surface area contributed by atoms with Crippen LogP contribution in [0.4, 0.5) is 4.39 Å². The molecule has 1 aromatic heterocycles. The number of methoxy groups -OCH3 is 1. The summed E-state index contributed by atoms with van der Waals surface area (Å²) in [5.74, 6) is 8.12. The number of hydrogen-bond donors (Lipinski definition) is 1. The molecule has 0 aliphatic heterocycles. The van der Waals surface area contributed by atoms with Crippen molar-refractivity contribution in [2.75, 3.05) is 13.0 Å². The molecule has 0 fully saturated rings. The fourth-order valence-electron chi connectivity index (χ4n) is 2.61. The van der Waals surface area contributed by atoms with Gasteiger partial charge < -0.3 is 15.3 Å². The molecule has 0 amide bonds. The molecule has 0 unspecified atom stereocenters. The average molecular weight is 388 g/mol. The maximum atomic E-state index is 13.5. The van der Waals surface area contributed by atoms with Crippen molar-refractivity contribution >= 4 is 11.8 Å². The van der Waals surface area contributed by atoms with Crippen LogP contribution in [0, 0.1) is 19.7 Å². The maximum Gasteiger partial charge on any atom is 0.210 e. The Balaban J connectivity index is 1.66. The van der Waals surface area contributed by atoms with E-state index in [1.165, 1.54) is 34.1 Å². The Morgan fingerprint density at radius 1 is 1.11 bits per heavy atom. The minimum Gasteiger partial charge on any atom is -0.496 e. The molecule has 0 bridgehead atoms. The number of halogens is 1. The lowest BCUT2D eigenvalue weighted by atomic mass is 10.1. The second-order valence-electron chi connectivity index (χ2n) is 6.07. The molecule has 0 saturated carbocycles. The van der Waals surface area contributed by atoms with Gasteiger partial charge in [-0.05, 0) is 43.7 Å². The van der Waals surface area contributed by atoms with Gasteiger partial charge in [-0.2, -0.15) is 0 Å². The lowest BCUT2D eigenvalue weighted by Crippen LogP contribution is -2.16. The highest BCUT2D eigenvalue weighted by atomic mass is 32.2. The predicted octanol–water partition coefficient (Wildman–Crippen LogP) is 3.63. The largest absolute Gasteiger partial charge is 0.496 e. The Hall–Kier alpha value is -2.74. The molecule has 6 nitrogen and oxygen atoms in total. The monoisotopic (exact) mass is 388 g/mol. The fourth-order valence-corrected chi connectivity index (χ4v) is 3.46. The number of nitrogens with two attached hydrogens (primary N) is 1. The van der Waals surface area contributed by atoms with Crippen LogP contribution in [-0.4, -0.2) is 22.0 Å². The molecule has 8 heteroatoms. The molecular weight excluding hydrogens is 367 g/mol. The lowest BCUT2D eigenvalue weighted by Gasteiger charge is -2.10. The van der Waals surface area contributed by atoms with Crippen LogP contribution in [0.15, 0.2) is 41.6 Å². The molecule has 0 aliphatic rings. The molecule has 0 aliphatic carbocycles. The third-order valence-electron chi connectivity index (χ3n) is 4.02. The van der Waals surface area contributed by atoms with Gasteiger partial charge in [0.25, 0.3) is 0 Å². The third kappa shape index (κ3) is 4.51. The zero-order chi connectivity index (χ0) is 19.4. The second-order valence-corrected chi connectivity index (χ2v) is 7.01. The summed E-state index contributed by atoms with van der Waals surface area (Å²) in [6.07, 6.45) is 0. The van der Waals surface area contributed by atoms with Gasteiger partial charge in [-0.25, -0.2) is 9.07 Å². The quantitative estimate of drug-likeness (QED) is 0.492. The van der Waals surface area contributed by atoms with Crippen molar-refractivity contribution in [3.8, 4) is 11.5 Å². The highest BCUT2D eigenvalue weighted by Gasteiger charge is 2.13. The maximum absolute atomic E-state index is 13.5. The Kier molecular flexibility index (Phi) is 5.85. The molecule has 27 heavy (non-hydrogen) atoms. The molecule has 0 spiro atoms. The van der Waals surface area contributed by atoms with Crippen molar-refractivity contribution in [1.82, 2.24) is 14.9 Å². The first-order valence-electron chi connectivity index (χ1n) is 8.32. The van der Waals surface area contributed by atoms with E-state index in [1.807, 2.05) is 26.0 Å². The number of aryl methyl sites for hydroxylation is 2. The van der Waals surface area contributed by atoms with E-state index < -0.39 is 0 Å². The smallest absolute Gasteiger partial charge is 0.210 e. The minimum atomic E-state index is -0.317. The number of nitrogens with zero attached hydrogens (tertiary/aromatic N) is 3. The van der Waals surface area contributed by atoms with Crippen molar-refractivity contribution in [2.45, 2.75) is 31.4 Å². The molecule has 3 aromatic rings. The van der Waals surface area contributed by atoms with Crippen LogP contribution in [0.3, 0.4) is 0 Å². The molecule has 2 N–H and O–H groups in total. The normalized spacial score (nSPS) is 10.8. The molecule has 0 saturated heterocycles. The molecule has 3 rings (SSSR count). The molecular formula is C19H21FN4O2S. The first kappa shape index (κ1) is 19.0. The number of nitrogen functional groups attached to an aromatic ring is 1. The average Bonchev–Trinajstić information content (AvgIpc) is 2.99. The Bertz CT molecular complexity index is 945. The van der Waals surface area contributed by atoms with Crippen molar-refractivity contribution in [1.29, 1.82) is 0 Å². The van der Waals surface area contributed by atoms with Crippen molar-refractivity contribution in [3.05, 3.63) is 64.7 Å². The van der Waals surface area contributed by atoms with E-state index in [0.717, 1.165) is 16.9 Å². The van der Waals surface area contributed by atoms with Gasteiger partial charge in [-0.15, -0.1) is 10.2 Å². The van der Waals surface area contributed by atoms with Gasteiger partial charge in [-0.3, -0.25) is 0 Å². The van der Waals surface area contributed by atoms with E-state index in [1.54, 1.807) is 13.2 Å². The van der Waals surface area contributed by atoms with Crippen molar-refractivity contribution in [2.24, 2.45) is 0 Å². The molecule has 0 atom stereocenters. The highest BCUT2D eigenvalue weighted by Crippen LogP contribution is 2.27. The summed E-state index contributed by atoms with van der Waals surface area (Å²) in [5.41, 5.74) is 2.94. The van der Waals surface area contributed by atoms with Gasteiger partial charge in [0.2, 0.25) is 5.16 Å².